The molecule has 0 unspecified atom stereocenters. The summed E-state index contributed by atoms with van der Waals surface area (Å²) in [5.74, 6) is 1.23. The van der Waals surface area contributed by atoms with Crippen LogP contribution in [0.15, 0.2) is 34.7 Å². The first-order valence-electron chi connectivity index (χ1n) is 7.44. The Bertz CT molecular complexity index is 655. The highest BCUT2D eigenvalue weighted by molar-refractivity contribution is 6.05. The summed E-state index contributed by atoms with van der Waals surface area (Å²) in [7, 11) is 0. The largest absolute Gasteiger partial charge is 0.466 e. The van der Waals surface area contributed by atoms with Crippen LogP contribution in [0.2, 0.25) is 0 Å². The molecule has 116 valence electrons. The Labute approximate surface area is 129 Å². The molecule has 2 heterocycles. The number of rotatable bonds is 3. The minimum Gasteiger partial charge on any atom is -0.466 e. The summed E-state index contributed by atoms with van der Waals surface area (Å²) >= 11 is 0. The van der Waals surface area contributed by atoms with Crippen molar-refractivity contribution in [2.75, 3.05) is 36.5 Å². The fraction of sp³-hybridized carbons (Fsp3) is 0.353. The van der Waals surface area contributed by atoms with Gasteiger partial charge in [0.2, 0.25) is 0 Å². The summed E-state index contributed by atoms with van der Waals surface area (Å²) in [5.41, 5.74) is 2.51. The molecule has 1 aromatic heterocycles. The molecule has 0 radical (unpaired) electrons. The second-order valence-electron chi connectivity index (χ2n) is 5.43. The summed E-state index contributed by atoms with van der Waals surface area (Å²) in [6, 6.07) is 9.64. The van der Waals surface area contributed by atoms with Gasteiger partial charge in [-0.3, -0.25) is 4.79 Å². The fourth-order valence-electron chi connectivity index (χ4n) is 2.63. The molecule has 0 bridgehead atoms. The van der Waals surface area contributed by atoms with Gasteiger partial charge in [0.25, 0.3) is 5.91 Å². The van der Waals surface area contributed by atoms with E-state index in [1.807, 2.05) is 31.2 Å². The summed E-state index contributed by atoms with van der Waals surface area (Å²) < 4.78 is 10.7. The van der Waals surface area contributed by atoms with Crippen molar-refractivity contribution >= 4 is 17.3 Å². The lowest BCUT2D eigenvalue weighted by Gasteiger charge is -2.28. The third-order valence-electron chi connectivity index (χ3n) is 3.79. The highest BCUT2D eigenvalue weighted by Gasteiger charge is 2.14. The predicted octanol–water partition coefficient (Wildman–Crippen LogP) is 2.99. The number of amides is 1. The van der Waals surface area contributed by atoms with Crippen LogP contribution in [0.25, 0.3) is 0 Å². The van der Waals surface area contributed by atoms with Gasteiger partial charge in [-0.2, -0.15) is 0 Å². The second-order valence-corrected chi connectivity index (χ2v) is 5.43. The third kappa shape index (κ3) is 3.14. The van der Waals surface area contributed by atoms with E-state index >= 15 is 0 Å². The average Bonchev–Trinajstić information content (AvgIpc) is 2.88. The molecule has 1 saturated heterocycles. The van der Waals surface area contributed by atoms with Crippen molar-refractivity contribution in [3.63, 3.8) is 0 Å². The lowest BCUT2D eigenvalue weighted by atomic mass is 10.2. The molecule has 0 spiro atoms. The van der Waals surface area contributed by atoms with E-state index < -0.39 is 0 Å². The molecule has 5 heteroatoms. The van der Waals surface area contributed by atoms with E-state index in [0.717, 1.165) is 43.4 Å². The second kappa shape index (κ2) is 6.23. The van der Waals surface area contributed by atoms with E-state index in [9.17, 15) is 4.79 Å². The van der Waals surface area contributed by atoms with Crippen molar-refractivity contribution in [2.24, 2.45) is 0 Å². The number of carbonyl (C=O) groups excluding carboxylic acids is 1. The zero-order valence-corrected chi connectivity index (χ0v) is 12.9. The summed E-state index contributed by atoms with van der Waals surface area (Å²) in [4.78, 5) is 14.5. The van der Waals surface area contributed by atoms with Crippen LogP contribution < -0.4 is 10.2 Å². The normalized spacial score (nSPS) is 14.9. The molecule has 0 saturated carbocycles. The van der Waals surface area contributed by atoms with Gasteiger partial charge in [0, 0.05) is 24.5 Å². The minimum atomic E-state index is -0.145. The Balaban J connectivity index is 1.68. The van der Waals surface area contributed by atoms with Gasteiger partial charge in [0.1, 0.15) is 11.5 Å². The highest BCUT2D eigenvalue weighted by Crippen LogP contribution is 2.20. The first-order valence-corrected chi connectivity index (χ1v) is 7.44. The van der Waals surface area contributed by atoms with Gasteiger partial charge in [0.05, 0.1) is 18.8 Å². The van der Waals surface area contributed by atoms with Crippen LogP contribution >= 0.6 is 0 Å². The van der Waals surface area contributed by atoms with E-state index in [1.165, 1.54) is 0 Å². The van der Waals surface area contributed by atoms with Crippen LogP contribution in [0.3, 0.4) is 0 Å². The molecule has 1 N–H and O–H groups in total. The van der Waals surface area contributed by atoms with Crippen molar-refractivity contribution in [1.29, 1.82) is 0 Å². The molecule has 1 fully saturated rings. The van der Waals surface area contributed by atoms with Crippen LogP contribution in [0, 0.1) is 13.8 Å². The molecule has 2 aromatic rings. The van der Waals surface area contributed by atoms with Gasteiger partial charge < -0.3 is 19.4 Å². The molecule has 3 rings (SSSR count). The van der Waals surface area contributed by atoms with Crippen LogP contribution in [0.4, 0.5) is 11.4 Å². The monoisotopic (exact) mass is 300 g/mol. The van der Waals surface area contributed by atoms with Crippen LogP contribution in [0.5, 0.6) is 0 Å². The number of aryl methyl sites for hydroxylation is 2. The minimum absolute atomic E-state index is 0.145. The quantitative estimate of drug-likeness (QED) is 0.947. The molecule has 22 heavy (non-hydrogen) atoms. The molecule has 0 aliphatic carbocycles. The molecular formula is C17H20N2O3. The van der Waals surface area contributed by atoms with Crippen molar-refractivity contribution < 1.29 is 13.9 Å². The maximum atomic E-state index is 12.2. The average molecular weight is 300 g/mol. The Hall–Kier alpha value is -2.27. The molecule has 0 atom stereocenters. The van der Waals surface area contributed by atoms with Gasteiger partial charge in [0.15, 0.2) is 0 Å². The van der Waals surface area contributed by atoms with Crippen molar-refractivity contribution in [1.82, 2.24) is 0 Å². The number of carbonyl (C=O) groups is 1. The number of ether oxygens (including phenoxy) is 1. The van der Waals surface area contributed by atoms with E-state index in [0.29, 0.717) is 11.3 Å². The van der Waals surface area contributed by atoms with Crippen LogP contribution in [0.1, 0.15) is 21.9 Å². The molecular weight excluding hydrogens is 280 g/mol. The molecule has 5 nitrogen and oxygen atoms in total. The molecule has 1 aliphatic rings. The number of nitrogens with one attached hydrogen (secondary N) is 1. The summed E-state index contributed by atoms with van der Waals surface area (Å²) in [6.07, 6.45) is 0. The maximum absolute atomic E-state index is 12.2. The Kier molecular flexibility index (Phi) is 4.15. The maximum Gasteiger partial charge on any atom is 0.259 e. The number of anilines is 2. The number of hydrogen-bond donors (Lipinski definition) is 1. The summed E-state index contributed by atoms with van der Waals surface area (Å²) in [6.45, 7) is 6.96. The lowest BCUT2D eigenvalue weighted by molar-refractivity contribution is 0.102. The van der Waals surface area contributed by atoms with E-state index in [2.05, 4.69) is 10.2 Å². The lowest BCUT2D eigenvalue weighted by Crippen LogP contribution is -2.36. The number of furan rings is 1. The molecule has 1 aliphatic heterocycles. The topological polar surface area (TPSA) is 54.7 Å². The zero-order valence-electron chi connectivity index (χ0n) is 12.9. The number of benzene rings is 1. The zero-order chi connectivity index (χ0) is 15.5. The van der Waals surface area contributed by atoms with Crippen molar-refractivity contribution in [3.8, 4) is 0 Å². The highest BCUT2D eigenvalue weighted by atomic mass is 16.5. The smallest absolute Gasteiger partial charge is 0.259 e. The molecule has 1 aromatic carbocycles. The van der Waals surface area contributed by atoms with Gasteiger partial charge in [-0.1, -0.05) is 0 Å². The van der Waals surface area contributed by atoms with Gasteiger partial charge in [-0.25, -0.2) is 0 Å². The van der Waals surface area contributed by atoms with Gasteiger partial charge in [-0.05, 0) is 44.2 Å². The number of hydrogen-bond acceptors (Lipinski definition) is 4. The van der Waals surface area contributed by atoms with Crippen LogP contribution in [-0.4, -0.2) is 32.2 Å². The van der Waals surface area contributed by atoms with Crippen molar-refractivity contribution in [2.45, 2.75) is 13.8 Å². The number of morpholine rings is 1. The van der Waals surface area contributed by atoms with Gasteiger partial charge >= 0.3 is 0 Å². The first-order chi connectivity index (χ1) is 10.6. The summed E-state index contributed by atoms with van der Waals surface area (Å²) in [5, 5.41) is 2.90. The first kappa shape index (κ1) is 14.7. The third-order valence-corrected chi connectivity index (χ3v) is 3.79. The standard InChI is InChI=1S/C17H20N2O3/c1-12-11-16(13(2)22-12)17(20)18-14-3-5-15(6-4-14)19-7-9-21-10-8-19/h3-6,11H,7-10H2,1-2H3,(H,18,20). The Morgan fingerprint density at radius 2 is 1.82 bits per heavy atom. The van der Waals surface area contributed by atoms with E-state index in [-0.39, 0.29) is 5.91 Å². The van der Waals surface area contributed by atoms with Crippen molar-refractivity contribution in [3.05, 3.63) is 47.4 Å². The number of nitrogens with zero attached hydrogens (tertiary/aromatic N) is 1. The van der Waals surface area contributed by atoms with Crippen LogP contribution in [-0.2, 0) is 4.74 Å². The SMILES string of the molecule is Cc1cc(C(=O)Nc2ccc(N3CCOCC3)cc2)c(C)o1. The van der Waals surface area contributed by atoms with E-state index in [4.69, 9.17) is 9.15 Å². The predicted molar refractivity (Wildman–Crippen MR) is 85.6 cm³/mol. The molecule has 1 amide bonds. The van der Waals surface area contributed by atoms with Gasteiger partial charge in [-0.15, -0.1) is 0 Å². The fourth-order valence-corrected chi connectivity index (χ4v) is 2.63. The Morgan fingerprint density at radius 1 is 1.14 bits per heavy atom. The van der Waals surface area contributed by atoms with E-state index in [1.54, 1.807) is 13.0 Å². The Morgan fingerprint density at radius 3 is 2.41 bits per heavy atom.